The second-order valence-electron chi connectivity index (χ2n) is 8.21. The molecule has 1 aromatic carbocycles. The number of carboxylic acid groups (broad SMARTS) is 1. The van der Waals surface area contributed by atoms with Gasteiger partial charge in [0, 0.05) is 57.8 Å². The van der Waals surface area contributed by atoms with Crippen LogP contribution in [0.3, 0.4) is 0 Å². The molecule has 2 N–H and O–H groups in total. The van der Waals surface area contributed by atoms with Gasteiger partial charge in [0.2, 0.25) is 11.8 Å². The molecule has 0 spiro atoms. The first-order valence-electron chi connectivity index (χ1n) is 10.2. The van der Waals surface area contributed by atoms with E-state index in [0.29, 0.717) is 38.5 Å². The molecule has 2 aromatic rings. The van der Waals surface area contributed by atoms with E-state index < -0.39 is 12.3 Å². The molecule has 4 rings (SSSR count). The molecule has 0 radical (unpaired) electrons. The van der Waals surface area contributed by atoms with Crippen molar-refractivity contribution in [3.8, 4) is 5.88 Å². The van der Waals surface area contributed by atoms with Crippen LogP contribution in [0.1, 0.15) is 12.0 Å². The number of β-amino-alcohol motifs (C(OH)–C–C–N with tert-alkyl or cyclic N) is 1. The van der Waals surface area contributed by atoms with Crippen LogP contribution in [0.25, 0.3) is 10.9 Å². The molecular weight excluding hydrogens is 388 g/mol. The van der Waals surface area contributed by atoms with Crippen LogP contribution in [0.5, 0.6) is 5.88 Å². The summed E-state index contributed by atoms with van der Waals surface area (Å²) in [4.78, 5) is 29.9. The van der Waals surface area contributed by atoms with Crippen molar-refractivity contribution in [2.24, 2.45) is 7.05 Å². The molecule has 1 aromatic heterocycles. The van der Waals surface area contributed by atoms with Crippen LogP contribution in [0.4, 0.5) is 4.79 Å². The predicted molar refractivity (Wildman–Crippen MR) is 110 cm³/mol. The number of aryl methyl sites for hydroxylation is 1. The Morgan fingerprint density at radius 1 is 1.17 bits per heavy atom. The fourth-order valence-electron chi connectivity index (χ4n) is 4.63. The Labute approximate surface area is 175 Å². The Balaban J connectivity index is 1.42. The molecular formula is C21H28N4O5. The van der Waals surface area contributed by atoms with Gasteiger partial charge in [0.1, 0.15) is 0 Å². The number of rotatable bonds is 4. The van der Waals surface area contributed by atoms with E-state index in [9.17, 15) is 14.7 Å². The number of ether oxygens (including phenoxy) is 1. The van der Waals surface area contributed by atoms with Gasteiger partial charge in [-0.15, -0.1) is 0 Å². The van der Waals surface area contributed by atoms with E-state index in [1.165, 1.54) is 0 Å². The number of aliphatic hydroxyl groups excluding tert-OH is 1. The minimum absolute atomic E-state index is 0.105. The average molecular weight is 416 g/mol. The van der Waals surface area contributed by atoms with Crippen molar-refractivity contribution >= 4 is 23.0 Å². The van der Waals surface area contributed by atoms with Crippen molar-refractivity contribution < 1.29 is 24.5 Å². The molecule has 1 amide bonds. The summed E-state index contributed by atoms with van der Waals surface area (Å²) in [5.74, 6) is 0.400. The first kappa shape index (κ1) is 20.6. The number of piperazine rings is 1. The maximum Gasteiger partial charge on any atom is 0.512 e. The molecule has 2 saturated heterocycles. The number of para-hydroxylation sites is 1. The maximum absolute atomic E-state index is 12.8. The highest BCUT2D eigenvalue weighted by atomic mass is 16.7. The van der Waals surface area contributed by atoms with Crippen molar-refractivity contribution in [3.05, 3.63) is 29.8 Å². The number of fused-ring (bicyclic) bond motifs is 1. The molecule has 0 unspecified atom stereocenters. The zero-order valence-corrected chi connectivity index (χ0v) is 17.3. The van der Waals surface area contributed by atoms with Gasteiger partial charge in [0.25, 0.3) is 0 Å². The number of hydrogen-bond donors (Lipinski definition) is 2. The van der Waals surface area contributed by atoms with E-state index >= 15 is 0 Å². The molecule has 30 heavy (non-hydrogen) atoms. The SMILES string of the molecule is CN1C[C@@H](O)C[C@@H]1C(=O)N1CCN(Cc2cccc3cc(OC(=O)O)n(C)c23)CC1. The van der Waals surface area contributed by atoms with Gasteiger partial charge in [0.05, 0.1) is 17.7 Å². The number of benzene rings is 1. The average Bonchev–Trinajstić information content (AvgIpc) is 3.20. The lowest BCUT2D eigenvalue weighted by molar-refractivity contribution is -0.137. The molecule has 0 aliphatic carbocycles. The van der Waals surface area contributed by atoms with Crippen molar-refractivity contribution in [1.29, 1.82) is 0 Å². The Hall–Kier alpha value is -2.62. The third kappa shape index (κ3) is 4.00. The minimum atomic E-state index is -1.33. The van der Waals surface area contributed by atoms with Crippen molar-refractivity contribution in [2.45, 2.75) is 25.1 Å². The largest absolute Gasteiger partial charge is 0.512 e. The molecule has 3 heterocycles. The number of likely N-dealkylation sites (N-methyl/N-ethyl adjacent to an activating group) is 1. The standard InChI is InChI=1S/C21H28N4O5/c1-22-13-16(26)11-17(22)20(27)25-8-6-24(7-9-25)12-15-5-3-4-14-10-18(30-21(28)29)23(2)19(14)15/h3-5,10,16-17,26H,6-9,11-13H2,1-2H3,(H,28,29)/t16-,17+/m0/s1. The van der Waals surface area contributed by atoms with E-state index in [1.54, 1.807) is 17.7 Å². The van der Waals surface area contributed by atoms with Crippen LogP contribution in [-0.2, 0) is 18.4 Å². The van der Waals surface area contributed by atoms with Gasteiger partial charge in [-0.3, -0.25) is 14.6 Å². The lowest BCUT2D eigenvalue weighted by atomic mass is 10.1. The Kier molecular flexibility index (Phi) is 5.68. The second-order valence-corrected chi connectivity index (χ2v) is 8.21. The van der Waals surface area contributed by atoms with Gasteiger partial charge in [-0.25, -0.2) is 4.79 Å². The third-order valence-electron chi connectivity index (χ3n) is 6.18. The highest BCUT2D eigenvalue weighted by molar-refractivity contribution is 5.86. The van der Waals surface area contributed by atoms with Gasteiger partial charge in [-0.1, -0.05) is 18.2 Å². The number of carbonyl (C=O) groups excluding carboxylic acids is 1. The predicted octanol–water partition coefficient (Wildman–Crippen LogP) is 0.944. The van der Waals surface area contributed by atoms with Gasteiger partial charge < -0.3 is 24.4 Å². The van der Waals surface area contributed by atoms with E-state index in [2.05, 4.69) is 4.90 Å². The number of hydrogen-bond acceptors (Lipinski definition) is 6. The van der Waals surface area contributed by atoms with E-state index in [1.807, 2.05) is 35.0 Å². The number of likely N-dealkylation sites (tertiary alicyclic amines) is 1. The Morgan fingerprint density at radius 2 is 1.90 bits per heavy atom. The maximum atomic E-state index is 12.8. The normalized spacial score (nSPS) is 23.2. The molecule has 2 fully saturated rings. The summed E-state index contributed by atoms with van der Waals surface area (Å²) in [7, 11) is 3.69. The molecule has 2 aliphatic heterocycles. The second kappa shape index (κ2) is 8.25. The molecule has 162 valence electrons. The zero-order chi connectivity index (χ0) is 21.4. The van der Waals surface area contributed by atoms with E-state index in [0.717, 1.165) is 29.6 Å². The number of amides is 1. The summed E-state index contributed by atoms with van der Waals surface area (Å²) in [6.07, 6.45) is -1.25. The fourth-order valence-corrected chi connectivity index (χ4v) is 4.63. The zero-order valence-electron chi connectivity index (χ0n) is 17.3. The molecule has 9 nitrogen and oxygen atoms in total. The quantitative estimate of drug-likeness (QED) is 0.716. The van der Waals surface area contributed by atoms with Gasteiger partial charge in [0.15, 0.2) is 0 Å². The van der Waals surface area contributed by atoms with Crippen LogP contribution in [0.2, 0.25) is 0 Å². The summed E-state index contributed by atoms with van der Waals surface area (Å²) < 4.78 is 6.64. The first-order valence-corrected chi connectivity index (χ1v) is 10.2. The number of aromatic nitrogens is 1. The van der Waals surface area contributed by atoms with E-state index in [4.69, 9.17) is 9.84 Å². The molecule has 2 aliphatic rings. The van der Waals surface area contributed by atoms with Crippen LogP contribution in [-0.4, -0.2) is 93.5 Å². The minimum Gasteiger partial charge on any atom is -0.449 e. The molecule has 0 saturated carbocycles. The van der Waals surface area contributed by atoms with Gasteiger partial charge in [-0.2, -0.15) is 0 Å². The Bertz CT molecular complexity index is 950. The summed E-state index contributed by atoms with van der Waals surface area (Å²) in [6.45, 7) is 4.12. The topological polar surface area (TPSA) is 98.5 Å². The fraction of sp³-hybridized carbons (Fsp3) is 0.524. The highest BCUT2D eigenvalue weighted by Gasteiger charge is 2.36. The molecule has 0 bridgehead atoms. The van der Waals surface area contributed by atoms with Crippen LogP contribution in [0, 0.1) is 0 Å². The van der Waals surface area contributed by atoms with Crippen LogP contribution < -0.4 is 4.74 Å². The third-order valence-corrected chi connectivity index (χ3v) is 6.18. The van der Waals surface area contributed by atoms with Crippen LogP contribution in [0.15, 0.2) is 24.3 Å². The number of carbonyl (C=O) groups is 2. The van der Waals surface area contributed by atoms with Crippen molar-refractivity contribution in [2.75, 3.05) is 39.8 Å². The lowest BCUT2D eigenvalue weighted by Crippen LogP contribution is -2.52. The monoisotopic (exact) mass is 416 g/mol. The van der Waals surface area contributed by atoms with Crippen LogP contribution >= 0.6 is 0 Å². The first-order chi connectivity index (χ1) is 14.3. The smallest absolute Gasteiger partial charge is 0.449 e. The van der Waals surface area contributed by atoms with Gasteiger partial charge in [-0.05, 0) is 19.0 Å². The molecule has 2 atom stereocenters. The summed E-state index contributed by atoms with van der Waals surface area (Å²) in [5.41, 5.74) is 2.04. The van der Waals surface area contributed by atoms with Crippen molar-refractivity contribution in [3.63, 3.8) is 0 Å². The summed E-state index contributed by atoms with van der Waals surface area (Å²) >= 11 is 0. The highest BCUT2D eigenvalue weighted by Crippen LogP contribution is 2.28. The summed E-state index contributed by atoms with van der Waals surface area (Å²) in [5, 5.41) is 19.7. The summed E-state index contributed by atoms with van der Waals surface area (Å²) in [6, 6.07) is 7.45. The Morgan fingerprint density at radius 3 is 2.53 bits per heavy atom. The van der Waals surface area contributed by atoms with Crippen molar-refractivity contribution in [1.82, 2.24) is 19.3 Å². The van der Waals surface area contributed by atoms with E-state index in [-0.39, 0.29) is 11.9 Å². The van der Waals surface area contributed by atoms with Gasteiger partial charge >= 0.3 is 6.16 Å². The number of nitrogens with zero attached hydrogens (tertiary/aromatic N) is 4. The number of aliphatic hydroxyl groups is 1. The lowest BCUT2D eigenvalue weighted by Gasteiger charge is -2.37. The molecule has 9 heteroatoms.